The number of hydrogen-bond donors (Lipinski definition) is 1. The minimum atomic E-state index is -1.69. The third kappa shape index (κ3) is 2.59. The van der Waals surface area contributed by atoms with Crippen molar-refractivity contribution < 1.29 is 33.7 Å². The van der Waals surface area contributed by atoms with Crippen LogP contribution in [0.2, 0.25) is 0 Å². The molecule has 2 aliphatic carbocycles. The average Bonchev–Trinajstić information content (AvgIpc) is 3.12. The summed E-state index contributed by atoms with van der Waals surface area (Å²) in [7, 11) is 2.38. The second-order valence-corrected chi connectivity index (χ2v) is 6.05. The number of carbonyl (C=O) groups is 3. The maximum absolute atomic E-state index is 12.5. The monoisotopic (exact) mass is 350 g/mol. The second-order valence-electron chi connectivity index (χ2n) is 6.05. The van der Waals surface area contributed by atoms with Crippen molar-refractivity contribution >= 4 is 17.9 Å². The third-order valence-corrected chi connectivity index (χ3v) is 4.58. The fraction of sp³-hybridized carbons (Fsp3) is 0.500. The highest BCUT2D eigenvalue weighted by molar-refractivity contribution is 6.07. The predicted molar refractivity (Wildman–Crippen MR) is 87.1 cm³/mol. The maximum Gasteiger partial charge on any atom is 0.336 e. The molecule has 2 bridgehead atoms. The zero-order valence-electron chi connectivity index (χ0n) is 14.9. The van der Waals surface area contributed by atoms with Crippen LogP contribution in [0.3, 0.4) is 0 Å². The lowest BCUT2D eigenvalue weighted by Gasteiger charge is -2.32. The molecule has 0 unspecified atom stereocenters. The first-order valence-corrected chi connectivity index (χ1v) is 7.91. The SMILES string of the molecule is CCOC(=O)[C@@H](O)[C@@]12C=C[C@@H](C(C(=O)OC)=C1C(=O)OC)C2=C(C)C. The van der Waals surface area contributed by atoms with E-state index in [2.05, 4.69) is 0 Å². The standard InChI is InChI=1S/C18H22O7/c1-6-25-17(22)14(19)18-8-7-10(12(18)9(2)3)11(15(20)23-4)13(18)16(21)24-5/h7-8,10,14,19H,6H2,1-5H3/t10-,14+,18+/m0/s1. The Hall–Kier alpha value is -2.41. The Balaban J connectivity index is 2.77. The number of fused-ring (bicyclic) bond motifs is 2. The number of methoxy groups -OCH3 is 2. The van der Waals surface area contributed by atoms with Crippen LogP contribution in [0, 0.1) is 11.3 Å². The molecule has 0 spiro atoms. The quantitative estimate of drug-likeness (QED) is 0.450. The van der Waals surface area contributed by atoms with E-state index in [-0.39, 0.29) is 17.8 Å². The van der Waals surface area contributed by atoms with Crippen molar-refractivity contribution in [2.75, 3.05) is 20.8 Å². The van der Waals surface area contributed by atoms with Crippen molar-refractivity contribution in [1.82, 2.24) is 0 Å². The largest absolute Gasteiger partial charge is 0.466 e. The van der Waals surface area contributed by atoms with E-state index in [1.807, 2.05) is 0 Å². The summed E-state index contributed by atoms with van der Waals surface area (Å²) in [4.78, 5) is 37.1. The van der Waals surface area contributed by atoms with Gasteiger partial charge >= 0.3 is 17.9 Å². The Bertz CT molecular complexity index is 709. The predicted octanol–water partition coefficient (Wildman–Crippen LogP) is 1.08. The first-order valence-electron chi connectivity index (χ1n) is 7.91. The molecule has 0 radical (unpaired) electrons. The van der Waals surface area contributed by atoms with E-state index in [1.54, 1.807) is 32.9 Å². The van der Waals surface area contributed by atoms with Crippen LogP contribution in [0.25, 0.3) is 0 Å². The number of aliphatic hydroxyl groups excluding tert-OH is 1. The molecule has 0 heterocycles. The van der Waals surface area contributed by atoms with Gasteiger partial charge in [0.05, 0.1) is 37.4 Å². The fourth-order valence-electron chi connectivity index (χ4n) is 3.76. The van der Waals surface area contributed by atoms with Crippen molar-refractivity contribution in [2.45, 2.75) is 26.9 Å². The Morgan fingerprint density at radius 2 is 1.80 bits per heavy atom. The van der Waals surface area contributed by atoms with E-state index in [1.165, 1.54) is 14.2 Å². The highest BCUT2D eigenvalue weighted by atomic mass is 16.5. The Morgan fingerprint density at radius 1 is 1.20 bits per heavy atom. The fourth-order valence-corrected chi connectivity index (χ4v) is 3.76. The third-order valence-electron chi connectivity index (χ3n) is 4.58. The molecule has 1 N–H and O–H groups in total. The number of aliphatic hydroxyl groups is 1. The van der Waals surface area contributed by atoms with E-state index in [9.17, 15) is 19.5 Å². The van der Waals surface area contributed by atoms with Gasteiger partial charge in [0.1, 0.15) is 0 Å². The van der Waals surface area contributed by atoms with Gasteiger partial charge in [0.25, 0.3) is 0 Å². The lowest BCUT2D eigenvalue weighted by molar-refractivity contribution is -0.157. The topological polar surface area (TPSA) is 99.1 Å². The van der Waals surface area contributed by atoms with E-state index >= 15 is 0 Å². The molecule has 0 amide bonds. The van der Waals surface area contributed by atoms with Gasteiger partial charge in [0, 0.05) is 5.92 Å². The van der Waals surface area contributed by atoms with Crippen LogP contribution in [0.4, 0.5) is 0 Å². The van der Waals surface area contributed by atoms with Crippen molar-refractivity contribution in [3.05, 3.63) is 34.4 Å². The molecule has 136 valence electrons. The molecule has 0 saturated carbocycles. The molecule has 0 saturated heterocycles. The number of carbonyl (C=O) groups excluding carboxylic acids is 3. The zero-order valence-corrected chi connectivity index (χ0v) is 14.9. The van der Waals surface area contributed by atoms with Crippen LogP contribution < -0.4 is 0 Å². The summed E-state index contributed by atoms with van der Waals surface area (Å²) in [5, 5.41) is 10.8. The van der Waals surface area contributed by atoms with Crippen LogP contribution in [0.1, 0.15) is 20.8 Å². The number of ether oxygens (including phenoxy) is 3. The van der Waals surface area contributed by atoms with E-state index in [0.717, 1.165) is 5.57 Å². The number of rotatable bonds is 5. The van der Waals surface area contributed by atoms with Gasteiger partial charge in [-0.3, -0.25) is 0 Å². The van der Waals surface area contributed by atoms with Gasteiger partial charge in [0.15, 0.2) is 6.10 Å². The normalized spacial score (nSPS) is 25.0. The molecule has 0 aliphatic heterocycles. The summed E-state index contributed by atoms with van der Waals surface area (Å²) in [5.74, 6) is -2.93. The molecular weight excluding hydrogens is 328 g/mol. The first kappa shape index (κ1) is 18.9. The lowest BCUT2D eigenvalue weighted by atomic mass is 9.72. The minimum absolute atomic E-state index is 0.0738. The molecule has 7 heteroatoms. The lowest BCUT2D eigenvalue weighted by Crippen LogP contribution is -2.43. The summed E-state index contributed by atoms with van der Waals surface area (Å²) in [6.07, 6.45) is 1.57. The molecule has 2 rings (SSSR count). The summed E-state index contributed by atoms with van der Waals surface area (Å²) in [6, 6.07) is 0. The molecule has 0 fully saturated rings. The van der Waals surface area contributed by atoms with Gasteiger partial charge in [-0.15, -0.1) is 0 Å². The Kier molecular flexibility index (Phi) is 5.17. The van der Waals surface area contributed by atoms with Gasteiger partial charge in [-0.05, 0) is 26.3 Å². The molecule has 0 aromatic rings. The summed E-state index contributed by atoms with van der Waals surface area (Å²) in [5.41, 5.74) is -0.123. The smallest absolute Gasteiger partial charge is 0.336 e. The van der Waals surface area contributed by atoms with Gasteiger partial charge in [-0.25, -0.2) is 14.4 Å². The van der Waals surface area contributed by atoms with E-state index in [4.69, 9.17) is 14.2 Å². The highest BCUT2D eigenvalue weighted by Gasteiger charge is 2.62. The van der Waals surface area contributed by atoms with Crippen LogP contribution in [-0.2, 0) is 28.6 Å². The van der Waals surface area contributed by atoms with Crippen molar-refractivity contribution in [3.8, 4) is 0 Å². The molecule has 3 atom stereocenters. The van der Waals surface area contributed by atoms with Gasteiger partial charge in [-0.1, -0.05) is 17.7 Å². The molecule has 0 aromatic carbocycles. The number of esters is 3. The maximum atomic E-state index is 12.5. The minimum Gasteiger partial charge on any atom is -0.466 e. The highest BCUT2D eigenvalue weighted by Crippen LogP contribution is 2.60. The second kappa shape index (κ2) is 6.84. The van der Waals surface area contributed by atoms with Gasteiger partial charge in [-0.2, -0.15) is 0 Å². The summed E-state index contributed by atoms with van der Waals surface area (Å²) in [6.45, 7) is 5.27. The molecule has 25 heavy (non-hydrogen) atoms. The van der Waals surface area contributed by atoms with Crippen LogP contribution in [0.5, 0.6) is 0 Å². The summed E-state index contributed by atoms with van der Waals surface area (Å²) >= 11 is 0. The van der Waals surface area contributed by atoms with Crippen molar-refractivity contribution in [1.29, 1.82) is 0 Å². The van der Waals surface area contributed by atoms with E-state index in [0.29, 0.717) is 5.57 Å². The first-order chi connectivity index (χ1) is 11.8. The van der Waals surface area contributed by atoms with Crippen molar-refractivity contribution in [3.63, 3.8) is 0 Å². The molecule has 2 aliphatic rings. The number of hydrogen-bond acceptors (Lipinski definition) is 7. The van der Waals surface area contributed by atoms with Crippen molar-refractivity contribution in [2.24, 2.45) is 11.3 Å². The average molecular weight is 350 g/mol. The number of allylic oxidation sites excluding steroid dienone is 2. The zero-order chi connectivity index (χ0) is 18.9. The Labute approximate surface area is 145 Å². The Morgan fingerprint density at radius 3 is 2.28 bits per heavy atom. The van der Waals surface area contributed by atoms with E-state index < -0.39 is 35.3 Å². The van der Waals surface area contributed by atoms with Crippen LogP contribution in [-0.4, -0.2) is 49.9 Å². The van der Waals surface area contributed by atoms with Gasteiger partial charge in [0.2, 0.25) is 0 Å². The summed E-state index contributed by atoms with van der Waals surface area (Å²) < 4.78 is 14.6. The van der Waals surface area contributed by atoms with Crippen LogP contribution in [0.15, 0.2) is 34.4 Å². The van der Waals surface area contributed by atoms with Crippen LogP contribution >= 0.6 is 0 Å². The molecule has 0 aromatic heterocycles. The molecular formula is C18H22O7. The molecule has 7 nitrogen and oxygen atoms in total. The van der Waals surface area contributed by atoms with Gasteiger partial charge < -0.3 is 19.3 Å².